The van der Waals surface area contributed by atoms with E-state index in [0.717, 1.165) is 5.56 Å². The van der Waals surface area contributed by atoms with Gasteiger partial charge in [-0.3, -0.25) is 0 Å². The van der Waals surface area contributed by atoms with Crippen LogP contribution in [0, 0.1) is 0 Å². The number of rotatable bonds is 3. The third-order valence-corrected chi connectivity index (χ3v) is 1.74. The van der Waals surface area contributed by atoms with Gasteiger partial charge in [-0.25, -0.2) is 4.79 Å². The third kappa shape index (κ3) is 4.32. The first-order valence-electron chi connectivity index (χ1n) is 4.63. The number of halogens is 1. The van der Waals surface area contributed by atoms with Crippen LogP contribution in [0.15, 0.2) is 24.3 Å². The monoisotopic (exact) mass is 229 g/mol. The molecule has 0 atom stereocenters. The van der Waals surface area contributed by atoms with E-state index in [4.69, 9.17) is 10.5 Å². The predicted octanol–water partition coefficient (Wildman–Crippen LogP) is 2.13. The summed E-state index contributed by atoms with van der Waals surface area (Å²) in [6.07, 6.45) is -0.0935. The number of esters is 1. The zero-order chi connectivity index (χ0) is 10.6. The first-order chi connectivity index (χ1) is 6.63. The first-order valence-corrected chi connectivity index (χ1v) is 4.63. The van der Waals surface area contributed by atoms with Gasteiger partial charge in [0.15, 0.2) is 0 Å². The second-order valence-electron chi connectivity index (χ2n) is 3.36. The van der Waals surface area contributed by atoms with E-state index in [1.165, 1.54) is 0 Å². The van der Waals surface area contributed by atoms with Crippen LogP contribution >= 0.6 is 12.4 Å². The lowest BCUT2D eigenvalue weighted by molar-refractivity contribution is 0.0378. The Hall–Kier alpha value is -1.06. The van der Waals surface area contributed by atoms with Crippen molar-refractivity contribution < 1.29 is 9.53 Å². The van der Waals surface area contributed by atoms with Crippen molar-refractivity contribution in [1.82, 2.24) is 0 Å². The summed E-state index contributed by atoms with van der Waals surface area (Å²) in [5.74, 6) is -0.296. The fraction of sp³-hybridized carbons (Fsp3) is 0.364. The minimum Gasteiger partial charge on any atom is -0.459 e. The van der Waals surface area contributed by atoms with E-state index in [2.05, 4.69) is 0 Å². The van der Waals surface area contributed by atoms with Crippen LogP contribution in [0.5, 0.6) is 0 Å². The maximum Gasteiger partial charge on any atom is 0.338 e. The SMILES string of the molecule is CC(C)OC(=O)c1cccc(CN)c1.Cl. The van der Waals surface area contributed by atoms with E-state index in [1.807, 2.05) is 19.9 Å². The van der Waals surface area contributed by atoms with Crippen molar-refractivity contribution in [1.29, 1.82) is 0 Å². The average Bonchev–Trinajstić information content (AvgIpc) is 2.17. The lowest BCUT2D eigenvalue weighted by Gasteiger charge is -2.08. The van der Waals surface area contributed by atoms with Gasteiger partial charge in [0.2, 0.25) is 0 Å². The number of carbonyl (C=O) groups excluding carboxylic acids is 1. The zero-order valence-electron chi connectivity index (χ0n) is 8.90. The Labute approximate surface area is 96.0 Å². The standard InChI is InChI=1S/C11H15NO2.ClH/c1-8(2)14-11(13)10-5-3-4-9(6-10)7-12;/h3-6,8H,7,12H2,1-2H3;1H. The van der Waals surface area contributed by atoms with Crippen LogP contribution in [-0.2, 0) is 11.3 Å². The van der Waals surface area contributed by atoms with Crippen molar-refractivity contribution in [2.24, 2.45) is 5.73 Å². The lowest BCUT2D eigenvalue weighted by Crippen LogP contribution is -2.12. The van der Waals surface area contributed by atoms with Gasteiger partial charge in [-0.1, -0.05) is 12.1 Å². The molecule has 1 aromatic carbocycles. The van der Waals surface area contributed by atoms with Gasteiger partial charge in [0, 0.05) is 6.54 Å². The normalized spacial score (nSPS) is 9.60. The van der Waals surface area contributed by atoms with Gasteiger partial charge in [0.1, 0.15) is 0 Å². The molecule has 0 saturated heterocycles. The van der Waals surface area contributed by atoms with Crippen molar-refractivity contribution >= 4 is 18.4 Å². The number of nitrogens with two attached hydrogens (primary N) is 1. The Morgan fingerprint density at radius 2 is 2.13 bits per heavy atom. The molecule has 0 spiro atoms. The maximum absolute atomic E-state index is 11.5. The van der Waals surface area contributed by atoms with Crippen LogP contribution in [0.4, 0.5) is 0 Å². The molecule has 0 aromatic heterocycles. The Bertz CT molecular complexity index is 326. The van der Waals surface area contributed by atoms with Gasteiger partial charge >= 0.3 is 5.97 Å². The second-order valence-corrected chi connectivity index (χ2v) is 3.36. The van der Waals surface area contributed by atoms with Crippen LogP contribution in [0.25, 0.3) is 0 Å². The Morgan fingerprint density at radius 3 is 2.67 bits per heavy atom. The van der Waals surface area contributed by atoms with Crippen molar-refractivity contribution in [3.8, 4) is 0 Å². The van der Waals surface area contributed by atoms with Gasteiger partial charge in [-0.15, -0.1) is 12.4 Å². The molecule has 0 saturated carbocycles. The summed E-state index contributed by atoms with van der Waals surface area (Å²) >= 11 is 0. The second kappa shape index (κ2) is 6.43. The first kappa shape index (κ1) is 13.9. The number of hydrogen-bond donors (Lipinski definition) is 1. The molecule has 0 radical (unpaired) electrons. The van der Waals surface area contributed by atoms with Crippen molar-refractivity contribution in [2.45, 2.75) is 26.5 Å². The number of benzene rings is 1. The molecule has 0 bridgehead atoms. The highest BCUT2D eigenvalue weighted by atomic mass is 35.5. The topological polar surface area (TPSA) is 52.3 Å². The van der Waals surface area contributed by atoms with Crippen LogP contribution in [0.3, 0.4) is 0 Å². The highest BCUT2D eigenvalue weighted by Crippen LogP contribution is 2.07. The van der Waals surface area contributed by atoms with Crippen LogP contribution in [0.2, 0.25) is 0 Å². The van der Waals surface area contributed by atoms with Crippen LogP contribution in [-0.4, -0.2) is 12.1 Å². The lowest BCUT2D eigenvalue weighted by atomic mass is 10.1. The van der Waals surface area contributed by atoms with E-state index in [9.17, 15) is 4.79 Å². The summed E-state index contributed by atoms with van der Waals surface area (Å²) in [4.78, 5) is 11.5. The number of ether oxygens (including phenoxy) is 1. The van der Waals surface area contributed by atoms with Gasteiger partial charge in [-0.2, -0.15) is 0 Å². The van der Waals surface area contributed by atoms with E-state index in [0.29, 0.717) is 12.1 Å². The molecule has 15 heavy (non-hydrogen) atoms. The molecule has 0 aliphatic carbocycles. The highest BCUT2D eigenvalue weighted by molar-refractivity contribution is 5.89. The Kier molecular flexibility index (Phi) is 5.97. The predicted molar refractivity (Wildman–Crippen MR) is 62.1 cm³/mol. The molecule has 0 unspecified atom stereocenters. The van der Waals surface area contributed by atoms with E-state index < -0.39 is 0 Å². The van der Waals surface area contributed by atoms with E-state index in [1.54, 1.807) is 18.2 Å². The van der Waals surface area contributed by atoms with Crippen LogP contribution < -0.4 is 5.73 Å². The van der Waals surface area contributed by atoms with Gasteiger partial charge < -0.3 is 10.5 Å². The third-order valence-electron chi connectivity index (χ3n) is 1.74. The van der Waals surface area contributed by atoms with Crippen LogP contribution in [0.1, 0.15) is 29.8 Å². The molecule has 84 valence electrons. The fourth-order valence-corrected chi connectivity index (χ4v) is 1.11. The average molecular weight is 230 g/mol. The number of hydrogen-bond acceptors (Lipinski definition) is 3. The van der Waals surface area contributed by atoms with Gasteiger partial charge in [-0.05, 0) is 31.5 Å². The minimum atomic E-state index is -0.296. The smallest absolute Gasteiger partial charge is 0.338 e. The van der Waals surface area contributed by atoms with Gasteiger partial charge in [0.05, 0.1) is 11.7 Å². The molecule has 1 rings (SSSR count). The molecule has 0 amide bonds. The summed E-state index contributed by atoms with van der Waals surface area (Å²) in [5.41, 5.74) is 6.96. The largest absolute Gasteiger partial charge is 0.459 e. The molecule has 0 fully saturated rings. The Morgan fingerprint density at radius 1 is 1.47 bits per heavy atom. The quantitative estimate of drug-likeness (QED) is 0.808. The summed E-state index contributed by atoms with van der Waals surface area (Å²) in [7, 11) is 0. The molecule has 2 N–H and O–H groups in total. The highest BCUT2D eigenvalue weighted by Gasteiger charge is 2.08. The van der Waals surface area contributed by atoms with Crippen molar-refractivity contribution in [3.05, 3.63) is 35.4 Å². The van der Waals surface area contributed by atoms with Crippen molar-refractivity contribution in [3.63, 3.8) is 0 Å². The summed E-state index contributed by atoms with van der Waals surface area (Å²) in [5, 5.41) is 0. The van der Waals surface area contributed by atoms with E-state index in [-0.39, 0.29) is 24.5 Å². The molecule has 0 aliphatic heterocycles. The molecule has 4 heteroatoms. The fourth-order valence-electron chi connectivity index (χ4n) is 1.11. The molecular formula is C11H16ClNO2. The molecule has 1 aromatic rings. The zero-order valence-corrected chi connectivity index (χ0v) is 9.71. The maximum atomic E-state index is 11.5. The molecule has 0 aliphatic rings. The molecule has 3 nitrogen and oxygen atoms in total. The van der Waals surface area contributed by atoms with E-state index >= 15 is 0 Å². The molecule has 0 heterocycles. The number of carbonyl (C=O) groups is 1. The van der Waals surface area contributed by atoms with Gasteiger partial charge in [0.25, 0.3) is 0 Å². The summed E-state index contributed by atoms with van der Waals surface area (Å²) in [6.45, 7) is 4.08. The minimum absolute atomic E-state index is 0. The van der Waals surface area contributed by atoms with Crippen molar-refractivity contribution in [2.75, 3.05) is 0 Å². The molecular weight excluding hydrogens is 214 g/mol. The summed E-state index contributed by atoms with van der Waals surface area (Å²) < 4.78 is 5.06. The summed E-state index contributed by atoms with van der Waals surface area (Å²) in [6, 6.07) is 7.17. The Balaban J connectivity index is 0.00000196.